The van der Waals surface area contributed by atoms with Crippen LogP contribution in [-0.2, 0) is 0 Å². The van der Waals surface area contributed by atoms with Crippen LogP contribution < -0.4 is 5.32 Å². The van der Waals surface area contributed by atoms with Crippen LogP contribution in [0.1, 0.15) is 20.3 Å². The predicted molar refractivity (Wildman–Crippen MR) is 38.3 cm³/mol. The third-order valence-electron chi connectivity index (χ3n) is 1.36. The first-order chi connectivity index (χ1) is 4.48. The summed E-state index contributed by atoms with van der Waals surface area (Å²) in [6.45, 7) is 4.29. The summed E-state index contributed by atoms with van der Waals surface area (Å²) >= 11 is 0. The van der Waals surface area contributed by atoms with Crippen molar-refractivity contribution in [2.45, 2.75) is 26.7 Å². The molecule has 0 unspecified atom stereocenters. The lowest BCUT2D eigenvalue weighted by Gasteiger charge is -2.23. The van der Waals surface area contributed by atoms with Gasteiger partial charge in [0, 0.05) is 13.0 Å². The van der Waals surface area contributed by atoms with Crippen LogP contribution in [0.3, 0.4) is 0 Å². The Hall–Kier alpha value is -0.180. The maximum atomic E-state index is 11.8. The van der Waals surface area contributed by atoms with Gasteiger partial charge in [0.05, 0.1) is 0 Å². The topological polar surface area (TPSA) is 12.0 Å². The number of nitrogens with one attached hydrogen (secondary N) is 1. The Morgan fingerprint density at radius 1 is 1.40 bits per heavy atom. The Morgan fingerprint density at radius 3 is 2.20 bits per heavy atom. The summed E-state index contributed by atoms with van der Waals surface area (Å²) in [6.07, 6.45) is -2.23. The number of rotatable bonds is 4. The van der Waals surface area contributed by atoms with E-state index in [1.807, 2.05) is 13.8 Å². The number of halogens is 2. The minimum atomic E-state index is -2.19. The van der Waals surface area contributed by atoms with E-state index >= 15 is 0 Å². The van der Waals surface area contributed by atoms with Crippen molar-refractivity contribution in [3.05, 3.63) is 0 Å². The average molecular weight is 151 g/mol. The van der Waals surface area contributed by atoms with Crippen LogP contribution in [0.25, 0.3) is 0 Å². The molecule has 0 radical (unpaired) electrons. The van der Waals surface area contributed by atoms with Gasteiger partial charge in [-0.1, -0.05) is 13.8 Å². The molecule has 10 heavy (non-hydrogen) atoms. The smallest absolute Gasteiger partial charge is 0.239 e. The number of alkyl halides is 2. The van der Waals surface area contributed by atoms with E-state index in [0.29, 0.717) is 6.54 Å². The summed E-state index contributed by atoms with van der Waals surface area (Å²) in [5, 5.41) is 2.88. The molecule has 0 saturated carbocycles. The van der Waals surface area contributed by atoms with Crippen molar-refractivity contribution >= 4 is 0 Å². The highest BCUT2D eigenvalue weighted by Crippen LogP contribution is 2.22. The van der Waals surface area contributed by atoms with E-state index in [0.717, 1.165) is 0 Å². The van der Waals surface area contributed by atoms with Crippen molar-refractivity contribution < 1.29 is 8.78 Å². The minimum absolute atomic E-state index is 0.0339. The predicted octanol–water partition coefficient (Wildman–Crippen LogP) is 1.89. The standard InChI is InChI=1S/C7H15F2N/c1-7(2,5-10-3)4-6(8)9/h6,10H,4-5H2,1-3H3. The third kappa shape index (κ3) is 4.68. The van der Waals surface area contributed by atoms with Gasteiger partial charge in [0.15, 0.2) is 0 Å². The van der Waals surface area contributed by atoms with Crippen molar-refractivity contribution in [3.63, 3.8) is 0 Å². The lowest BCUT2D eigenvalue weighted by molar-refractivity contribution is 0.0877. The molecule has 0 atom stereocenters. The Labute approximate surface area is 60.8 Å². The SMILES string of the molecule is CNCC(C)(C)CC(F)F. The molecule has 1 N–H and O–H groups in total. The highest BCUT2D eigenvalue weighted by molar-refractivity contribution is 4.71. The monoisotopic (exact) mass is 151 g/mol. The first-order valence-corrected chi connectivity index (χ1v) is 3.41. The van der Waals surface area contributed by atoms with Gasteiger partial charge in [-0.05, 0) is 12.5 Å². The van der Waals surface area contributed by atoms with E-state index in [9.17, 15) is 8.78 Å². The van der Waals surface area contributed by atoms with E-state index in [1.54, 1.807) is 7.05 Å². The summed E-state index contributed by atoms with van der Waals surface area (Å²) in [6, 6.07) is 0. The molecule has 0 fully saturated rings. The molecule has 0 aromatic carbocycles. The van der Waals surface area contributed by atoms with Gasteiger partial charge in [-0.3, -0.25) is 0 Å². The molecule has 0 rings (SSSR count). The molecule has 62 valence electrons. The summed E-state index contributed by atoms with van der Waals surface area (Å²) in [7, 11) is 1.77. The van der Waals surface area contributed by atoms with Gasteiger partial charge in [-0.2, -0.15) is 0 Å². The average Bonchev–Trinajstić information content (AvgIpc) is 1.59. The molecule has 1 nitrogen and oxygen atoms in total. The van der Waals surface area contributed by atoms with E-state index < -0.39 is 6.43 Å². The number of hydrogen-bond acceptors (Lipinski definition) is 1. The molecule has 0 aliphatic rings. The molecule has 3 heteroatoms. The fourth-order valence-corrected chi connectivity index (χ4v) is 0.968. The number of hydrogen-bond donors (Lipinski definition) is 1. The normalized spacial score (nSPS) is 12.6. The van der Waals surface area contributed by atoms with Gasteiger partial charge in [0.25, 0.3) is 0 Å². The van der Waals surface area contributed by atoms with Crippen molar-refractivity contribution in [2.75, 3.05) is 13.6 Å². The Bertz CT molecular complexity index is 91.6. The maximum absolute atomic E-state index is 11.8. The summed E-state index contributed by atoms with van der Waals surface area (Å²) in [5.74, 6) is 0. The zero-order valence-corrected chi connectivity index (χ0v) is 6.75. The molecule has 0 bridgehead atoms. The van der Waals surface area contributed by atoms with Gasteiger partial charge in [-0.25, -0.2) is 8.78 Å². The fraction of sp³-hybridized carbons (Fsp3) is 1.00. The largest absolute Gasteiger partial charge is 0.319 e. The Morgan fingerprint density at radius 2 is 1.90 bits per heavy atom. The van der Waals surface area contributed by atoms with Crippen LogP contribution in [0.4, 0.5) is 8.78 Å². The first kappa shape index (κ1) is 9.82. The van der Waals surface area contributed by atoms with Crippen molar-refractivity contribution in [3.8, 4) is 0 Å². The van der Waals surface area contributed by atoms with Gasteiger partial charge in [0.1, 0.15) is 0 Å². The first-order valence-electron chi connectivity index (χ1n) is 3.41. The summed E-state index contributed by atoms with van der Waals surface area (Å²) in [4.78, 5) is 0. The van der Waals surface area contributed by atoms with E-state index in [1.165, 1.54) is 0 Å². The lowest BCUT2D eigenvalue weighted by atomic mass is 9.90. The van der Waals surface area contributed by atoms with Crippen LogP contribution in [-0.4, -0.2) is 20.0 Å². The summed E-state index contributed by atoms with van der Waals surface area (Å²) < 4.78 is 23.7. The molecule has 0 aliphatic carbocycles. The molecule has 0 aromatic rings. The van der Waals surface area contributed by atoms with Crippen LogP contribution >= 0.6 is 0 Å². The molecule has 0 amide bonds. The highest BCUT2D eigenvalue weighted by atomic mass is 19.3. The van der Waals surface area contributed by atoms with Crippen LogP contribution in [0, 0.1) is 5.41 Å². The van der Waals surface area contributed by atoms with Crippen molar-refractivity contribution in [1.29, 1.82) is 0 Å². The highest BCUT2D eigenvalue weighted by Gasteiger charge is 2.21. The van der Waals surface area contributed by atoms with E-state index in [2.05, 4.69) is 5.32 Å². The molecular weight excluding hydrogens is 136 g/mol. The molecular formula is C7H15F2N. The lowest BCUT2D eigenvalue weighted by Crippen LogP contribution is -2.28. The third-order valence-corrected chi connectivity index (χ3v) is 1.36. The second kappa shape index (κ2) is 3.86. The molecule has 0 aliphatic heterocycles. The van der Waals surface area contributed by atoms with Gasteiger partial charge in [0.2, 0.25) is 6.43 Å². The second-order valence-corrected chi connectivity index (χ2v) is 3.29. The van der Waals surface area contributed by atoms with Crippen LogP contribution in [0.15, 0.2) is 0 Å². The second-order valence-electron chi connectivity index (χ2n) is 3.29. The zero-order valence-electron chi connectivity index (χ0n) is 6.75. The molecule has 0 heterocycles. The minimum Gasteiger partial charge on any atom is -0.319 e. The van der Waals surface area contributed by atoms with Gasteiger partial charge >= 0.3 is 0 Å². The molecule has 0 saturated heterocycles. The molecule has 0 spiro atoms. The molecule has 0 aromatic heterocycles. The van der Waals surface area contributed by atoms with Crippen molar-refractivity contribution in [2.24, 2.45) is 5.41 Å². The van der Waals surface area contributed by atoms with E-state index in [4.69, 9.17) is 0 Å². The van der Waals surface area contributed by atoms with Crippen molar-refractivity contribution in [1.82, 2.24) is 5.32 Å². The summed E-state index contributed by atoms with van der Waals surface area (Å²) in [5.41, 5.74) is -0.289. The van der Waals surface area contributed by atoms with Gasteiger partial charge in [-0.15, -0.1) is 0 Å². The quantitative estimate of drug-likeness (QED) is 0.647. The Kier molecular flexibility index (Phi) is 3.79. The van der Waals surface area contributed by atoms with E-state index in [-0.39, 0.29) is 11.8 Å². The van der Waals surface area contributed by atoms with Crippen LogP contribution in [0.5, 0.6) is 0 Å². The fourth-order valence-electron chi connectivity index (χ4n) is 0.968. The zero-order chi connectivity index (χ0) is 8.20. The van der Waals surface area contributed by atoms with Gasteiger partial charge < -0.3 is 5.32 Å². The Balaban J connectivity index is 3.63. The maximum Gasteiger partial charge on any atom is 0.239 e. The van der Waals surface area contributed by atoms with Crippen LogP contribution in [0.2, 0.25) is 0 Å².